The first-order valence-corrected chi connectivity index (χ1v) is 11.8. The Kier molecular flexibility index (Phi) is 6.19. The maximum absolute atomic E-state index is 12.9. The molecule has 0 bridgehead atoms. The third kappa shape index (κ3) is 4.79. The fourth-order valence-corrected chi connectivity index (χ4v) is 4.31. The van der Waals surface area contributed by atoms with Gasteiger partial charge in [-0.3, -0.25) is 0 Å². The Morgan fingerprint density at radius 2 is 1.50 bits per heavy atom. The monoisotopic (exact) mass is 440 g/mol. The van der Waals surface area contributed by atoms with Gasteiger partial charge in [0, 0.05) is 23.3 Å². The Bertz CT molecular complexity index is 1360. The summed E-state index contributed by atoms with van der Waals surface area (Å²) >= 11 is 0. The van der Waals surface area contributed by atoms with Crippen LogP contribution in [0.15, 0.2) is 114 Å². The molecule has 1 heterocycles. The van der Waals surface area contributed by atoms with Crippen LogP contribution in [-0.2, 0) is 10.0 Å². The molecule has 32 heavy (non-hydrogen) atoms. The molecule has 0 spiro atoms. The molecule has 0 radical (unpaired) electrons. The van der Waals surface area contributed by atoms with Crippen LogP contribution >= 0.6 is 0 Å². The van der Waals surface area contributed by atoms with Crippen LogP contribution in [0.4, 0.5) is 0 Å². The predicted molar refractivity (Wildman–Crippen MR) is 128 cm³/mol. The summed E-state index contributed by atoms with van der Waals surface area (Å²) in [5.41, 5.74) is 5.64. The second kappa shape index (κ2) is 9.20. The SMILES string of the molecule is Cc1ccc(S(=O)(=O)[N-]/C=C(/c2ccccc2)[n+]2ccccc2-c2cccc(C)c2)cc1. The molecule has 4 rings (SSSR count). The summed E-state index contributed by atoms with van der Waals surface area (Å²) in [6.45, 7) is 3.97. The van der Waals surface area contributed by atoms with Crippen LogP contribution in [0.3, 0.4) is 0 Å². The van der Waals surface area contributed by atoms with E-state index in [9.17, 15) is 8.42 Å². The summed E-state index contributed by atoms with van der Waals surface area (Å²) in [5, 5.41) is 0. The van der Waals surface area contributed by atoms with E-state index in [0.29, 0.717) is 5.70 Å². The molecule has 0 amide bonds. The van der Waals surface area contributed by atoms with Crippen molar-refractivity contribution < 1.29 is 13.0 Å². The second-order valence-corrected chi connectivity index (χ2v) is 9.23. The number of nitrogens with zero attached hydrogens (tertiary/aromatic N) is 2. The maximum Gasteiger partial charge on any atom is 0.218 e. The van der Waals surface area contributed by atoms with E-state index in [0.717, 1.165) is 27.9 Å². The quantitative estimate of drug-likeness (QED) is 0.352. The van der Waals surface area contributed by atoms with Gasteiger partial charge in [-0.15, -0.1) is 0 Å². The van der Waals surface area contributed by atoms with Crippen LogP contribution < -0.4 is 4.57 Å². The lowest BCUT2D eigenvalue weighted by molar-refractivity contribution is -0.567. The van der Waals surface area contributed by atoms with E-state index in [-0.39, 0.29) is 4.90 Å². The van der Waals surface area contributed by atoms with Crippen LogP contribution in [0.2, 0.25) is 0 Å². The van der Waals surface area contributed by atoms with Gasteiger partial charge in [-0.2, -0.15) is 4.57 Å². The van der Waals surface area contributed by atoms with Gasteiger partial charge in [-0.25, -0.2) is 8.42 Å². The van der Waals surface area contributed by atoms with Gasteiger partial charge < -0.3 is 4.72 Å². The first-order valence-electron chi connectivity index (χ1n) is 10.3. The molecule has 0 fully saturated rings. The molecular formula is C27H24N2O2S. The highest BCUT2D eigenvalue weighted by Gasteiger charge is 2.18. The Labute approximate surface area is 189 Å². The Morgan fingerprint density at radius 1 is 0.781 bits per heavy atom. The molecular weight excluding hydrogens is 416 g/mol. The number of aryl methyl sites for hydroxylation is 2. The molecule has 0 aliphatic heterocycles. The number of aromatic nitrogens is 1. The minimum absolute atomic E-state index is 0.170. The summed E-state index contributed by atoms with van der Waals surface area (Å²) in [4.78, 5) is 0.170. The smallest absolute Gasteiger partial charge is 0.218 e. The minimum Gasteiger partial charge on any atom is -0.574 e. The van der Waals surface area contributed by atoms with Crippen LogP contribution in [0.5, 0.6) is 0 Å². The van der Waals surface area contributed by atoms with Gasteiger partial charge >= 0.3 is 0 Å². The van der Waals surface area contributed by atoms with E-state index in [4.69, 9.17) is 0 Å². The van der Waals surface area contributed by atoms with Crippen LogP contribution in [0, 0.1) is 13.8 Å². The molecule has 0 saturated heterocycles. The van der Waals surface area contributed by atoms with Crippen molar-refractivity contribution in [1.29, 1.82) is 0 Å². The van der Waals surface area contributed by atoms with Gasteiger partial charge in [0.1, 0.15) is 10.0 Å². The first-order chi connectivity index (χ1) is 15.4. The molecule has 3 aromatic carbocycles. The predicted octanol–water partition coefficient (Wildman–Crippen LogP) is 5.87. The van der Waals surface area contributed by atoms with Crippen LogP contribution in [0.25, 0.3) is 21.7 Å². The molecule has 0 N–H and O–H groups in total. The molecule has 160 valence electrons. The average molecular weight is 441 g/mol. The summed E-state index contributed by atoms with van der Waals surface area (Å²) in [5.74, 6) is 0. The van der Waals surface area contributed by atoms with Crippen molar-refractivity contribution in [2.45, 2.75) is 18.7 Å². The Morgan fingerprint density at radius 3 is 2.22 bits per heavy atom. The van der Waals surface area contributed by atoms with E-state index in [1.165, 1.54) is 6.20 Å². The summed E-state index contributed by atoms with van der Waals surface area (Å²) < 4.78 is 31.8. The molecule has 0 aliphatic carbocycles. The topological polar surface area (TPSA) is 52.1 Å². The van der Waals surface area contributed by atoms with Crippen molar-refractivity contribution in [2.75, 3.05) is 0 Å². The number of rotatable bonds is 6. The number of hydrogen-bond acceptors (Lipinski definition) is 2. The van der Waals surface area contributed by atoms with Crippen molar-refractivity contribution in [3.63, 3.8) is 0 Å². The largest absolute Gasteiger partial charge is 0.574 e. The van der Waals surface area contributed by atoms with E-state index in [1.54, 1.807) is 24.3 Å². The fourth-order valence-electron chi connectivity index (χ4n) is 3.47. The highest BCUT2D eigenvalue weighted by molar-refractivity contribution is 7.94. The molecule has 1 aromatic heterocycles. The number of benzene rings is 3. The third-order valence-corrected chi connectivity index (χ3v) is 6.39. The lowest BCUT2D eigenvalue weighted by Gasteiger charge is -2.18. The van der Waals surface area contributed by atoms with E-state index in [1.807, 2.05) is 91.3 Å². The van der Waals surface area contributed by atoms with Gasteiger partial charge in [0.2, 0.25) is 5.69 Å². The van der Waals surface area contributed by atoms with Crippen molar-refractivity contribution >= 4 is 15.7 Å². The van der Waals surface area contributed by atoms with E-state index < -0.39 is 10.0 Å². The lowest BCUT2D eigenvalue weighted by Crippen LogP contribution is -2.35. The van der Waals surface area contributed by atoms with Crippen LogP contribution in [-0.4, -0.2) is 8.42 Å². The average Bonchev–Trinajstić information content (AvgIpc) is 2.80. The zero-order valence-electron chi connectivity index (χ0n) is 18.0. The Hall–Kier alpha value is -3.70. The maximum atomic E-state index is 12.9. The lowest BCUT2D eigenvalue weighted by atomic mass is 10.1. The number of sulfonamides is 1. The molecule has 4 nitrogen and oxygen atoms in total. The normalized spacial score (nSPS) is 11.9. The zero-order chi connectivity index (χ0) is 22.6. The molecule has 0 aliphatic rings. The first kappa shape index (κ1) is 21.5. The van der Waals surface area contributed by atoms with E-state index >= 15 is 0 Å². The van der Waals surface area contributed by atoms with Gasteiger partial charge in [-0.1, -0.05) is 59.8 Å². The van der Waals surface area contributed by atoms with Crippen LogP contribution in [0.1, 0.15) is 16.7 Å². The van der Waals surface area contributed by atoms with Gasteiger partial charge in [-0.05, 0) is 56.3 Å². The van der Waals surface area contributed by atoms with Gasteiger partial charge in [0.05, 0.1) is 4.90 Å². The number of hydrogen-bond donors (Lipinski definition) is 0. The number of pyridine rings is 1. The standard InChI is InChI=1S/C27H24N2O2S/c1-21-14-16-25(17-15-21)32(30,31)28-20-27(23-10-4-3-5-11-23)29-18-7-6-13-26(29)24-12-8-9-22(2)19-24/h3-20H,1-2H3/b27-20-. The highest BCUT2D eigenvalue weighted by Crippen LogP contribution is 2.24. The van der Waals surface area contributed by atoms with E-state index in [2.05, 4.69) is 10.8 Å². The molecule has 4 aromatic rings. The second-order valence-electron chi connectivity index (χ2n) is 7.60. The zero-order valence-corrected chi connectivity index (χ0v) is 18.8. The molecule has 0 atom stereocenters. The third-order valence-electron chi connectivity index (χ3n) is 5.14. The van der Waals surface area contributed by atoms with Crippen molar-refractivity contribution in [1.82, 2.24) is 0 Å². The fraction of sp³-hybridized carbons (Fsp3) is 0.0741. The van der Waals surface area contributed by atoms with Crippen molar-refractivity contribution in [3.05, 3.63) is 131 Å². The minimum atomic E-state index is -3.84. The summed E-state index contributed by atoms with van der Waals surface area (Å²) in [7, 11) is -3.84. The molecule has 0 saturated carbocycles. The van der Waals surface area contributed by atoms with Gasteiger partial charge in [0.15, 0.2) is 11.9 Å². The summed E-state index contributed by atoms with van der Waals surface area (Å²) in [6.07, 6.45) is 3.36. The molecule has 5 heteroatoms. The van der Waals surface area contributed by atoms with Gasteiger partial charge in [0.25, 0.3) is 0 Å². The highest BCUT2D eigenvalue weighted by atomic mass is 32.2. The van der Waals surface area contributed by atoms with Crippen molar-refractivity contribution in [3.8, 4) is 11.3 Å². The molecule has 0 unspecified atom stereocenters. The Balaban J connectivity index is 1.83. The van der Waals surface area contributed by atoms with Crippen molar-refractivity contribution in [2.24, 2.45) is 0 Å². The summed E-state index contributed by atoms with van der Waals surface area (Å²) in [6, 6.07) is 30.5.